The molecule has 2 N–H and O–H groups in total. The van der Waals surface area contributed by atoms with E-state index in [9.17, 15) is 9.59 Å². The maximum absolute atomic E-state index is 12.8. The van der Waals surface area contributed by atoms with Gasteiger partial charge in [0.2, 0.25) is 5.60 Å². The summed E-state index contributed by atoms with van der Waals surface area (Å²) in [5, 5.41) is 10.2. The molecule has 8 heteroatoms. The van der Waals surface area contributed by atoms with Crippen molar-refractivity contribution in [1.29, 1.82) is 0 Å². The monoisotopic (exact) mass is 399 g/mol. The quantitative estimate of drug-likeness (QED) is 0.825. The maximum Gasteiger partial charge on any atom is 0.271 e. The summed E-state index contributed by atoms with van der Waals surface area (Å²) in [4.78, 5) is 30.1. The first-order valence-electron chi connectivity index (χ1n) is 8.79. The second-order valence-electron chi connectivity index (χ2n) is 6.93. The summed E-state index contributed by atoms with van der Waals surface area (Å²) in [6.45, 7) is 3.34. The molecule has 2 aromatic carbocycles. The molecule has 2 aliphatic heterocycles. The zero-order valence-corrected chi connectivity index (χ0v) is 16.0. The maximum atomic E-state index is 12.8. The van der Waals surface area contributed by atoms with Gasteiger partial charge in [-0.25, -0.2) is 0 Å². The van der Waals surface area contributed by atoms with Crippen LogP contribution in [0.3, 0.4) is 0 Å². The molecule has 0 fully saturated rings. The molecular weight excluding hydrogens is 382 g/mol. The Hall–Kier alpha value is -3.06. The smallest absolute Gasteiger partial charge is 0.271 e. The fourth-order valence-corrected chi connectivity index (χ4v) is 3.30. The molecule has 0 radical (unpaired) electrons. The van der Waals surface area contributed by atoms with Gasteiger partial charge in [0, 0.05) is 22.7 Å². The van der Waals surface area contributed by atoms with Gasteiger partial charge in [-0.05, 0) is 38.1 Å². The van der Waals surface area contributed by atoms with Crippen molar-refractivity contribution in [3.63, 3.8) is 0 Å². The third-order valence-electron chi connectivity index (χ3n) is 4.70. The number of carbonyl (C=O) groups excluding carboxylic acids is 2. The van der Waals surface area contributed by atoms with Gasteiger partial charge in [0.05, 0.1) is 11.4 Å². The Morgan fingerprint density at radius 3 is 2.89 bits per heavy atom. The Morgan fingerprint density at radius 1 is 1.32 bits per heavy atom. The summed E-state index contributed by atoms with van der Waals surface area (Å²) in [6, 6.07) is 12.3. The topological polar surface area (TPSA) is 89.0 Å². The van der Waals surface area contributed by atoms with E-state index in [-0.39, 0.29) is 18.2 Å². The highest BCUT2D eigenvalue weighted by molar-refractivity contribution is 6.34. The lowest BCUT2D eigenvalue weighted by molar-refractivity contribution is -0.135. The molecule has 28 heavy (non-hydrogen) atoms. The molecule has 2 amide bonds. The predicted octanol–water partition coefficient (Wildman–Crippen LogP) is 3.58. The number of hydrogen-bond donors (Lipinski definition) is 2. The van der Waals surface area contributed by atoms with Gasteiger partial charge in [0.25, 0.3) is 11.8 Å². The summed E-state index contributed by atoms with van der Waals surface area (Å²) in [5.41, 5.74) is 1.20. The van der Waals surface area contributed by atoms with Crippen LogP contribution >= 0.6 is 11.6 Å². The highest BCUT2D eigenvalue weighted by Gasteiger charge is 2.42. The van der Waals surface area contributed by atoms with Gasteiger partial charge < -0.3 is 20.2 Å². The summed E-state index contributed by atoms with van der Waals surface area (Å²) < 4.78 is 5.52. The molecule has 2 aliphatic rings. The second kappa shape index (κ2) is 6.83. The van der Waals surface area contributed by atoms with Gasteiger partial charge in [-0.1, -0.05) is 35.0 Å². The minimum atomic E-state index is -1.17. The van der Waals surface area contributed by atoms with Crippen LogP contribution in [0.1, 0.15) is 25.8 Å². The number of oxime groups is 1. The molecule has 2 heterocycles. The van der Waals surface area contributed by atoms with Crippen LogP contribution in [0.25, 0.3) is 0 Å². The molecule has 2 atom stereocenters. The minimum absolute atomic E-state index is 0.236. The van der Waals surface area contributed by atoms with E-state index < -0.39 is 11.7 Å². The largest absolute Gasteiger partial charge is 0.479 e. The summed E-state index contributed by atoms with van der Waals surface area (Å²) in [5.74, 6) is -0.0349. The third-order valence-corrected chi connectivity index (χ3v) is 5.03. The summed E-state index contributed by atoms with van der Waals surface area (Å²) in [6.07, 6.45) is -0.274. The molecule has 2 aromatic rings. The Bertz CT molecular complexity index is 1010. The molecule has 7 nitrogen and oxygen atoms in total. The van der Waals surface area contributed by atoms with Crippen molar-refractivity contribution in [1.82, 2.24) is 0 Å². The lowest BCUT2D eigenvalue weighted by Gasteiger charge is -2.24. The lowest BCUT2D eigenvalue weighted by Crippen LogP contribution is -2.40. The highest BCUT2D eigenvalue weighted by atomic mass is 35.5. The number of ether oxygens (including phenoxy) is 1. The number of amides is 2. The molecule has 0 bridgehead atoms. The molecule has 0 unspecified atom stereocenters. The second-order valence-corrected chi connectivity index (χ2v) is 7.34. The van der Waals surface area contributed by atoms with Crippen LogP contribution in [0.4, 0.5) is 11.4 Å². The lowest BCUT2D eigenvalue weighted by atomic mass is 9.95. The molecular formula is C20H18ClN3O4. The Morgan fingerprint density at radius 2 is 2.11 bits per heavy atom. The number of hydrogen-bond acceptors (Lipinski definition) is 5. The molecule has 0 saturated heterocycles. The van der Waals surface area contributed by atoms with E-state index in [0.29, 0.717) is 27.9 Å². The number of halogens is 1. The fourth-order valence-electron chi connectivity index (χ4n) is 3.05. The van der Waals surface area contributed by atoms with E-state index in [1.54, 1.807) is 38.1 Å². The van der Waals surface area contributed by atoms with Crippen LogP contribution in [0, 0.1) is 0 Å². The highest BCUT2D eigenvalue weighted by Crippen LogP contribution is 2.34. The van der Waals surface area contributed by atoms with Crippen LogP contribution in [0.5, 0.6) is 5.75 Å². The molecule has 144 valence electrons. The van der Waals surface area contributed by atoms with Gasteiger partial charge in [0.1, 0.15) is 5.75 Å². The molecule has 0 saturated carbocycles. The number of nitrogens with one attached hydrogen (secondary N) is 2. The van der Waals surface area contributed by atoms with Crippen molar-refractivity contribution in [3.05, 3.63) is 53.1 Å². The Kier molecular flexibility index (Phi) is 4.47. The zero-order valence-electron chi connectivity index (χ0n) is 15.3. The first-order valence-corrected chi connectivity index (χ1v) is 9.16. The number of carbonyl (C=O) groups is 2. The van der Waals surface area contributed by atoms with Gasteiger partial charge in [-0.15, -0.1) is 0 Å². The van der Waals surface area contributed by atoms with Gasteiger partial charge in [0.15, 0.2) is 6.10 Å². The molecule has 0 spiro atoms. The van der Waals surface area contributed by atoms with E-state index in [4.69, 9.17) is 21.2 Å². The Labute approximate surface area is 166 Å². The number of anilines is 2. The summed E-state index contributed by atoms with van der Waals surface area (Å²) in [7, 11) is 0. The standard InChI is InChI=1S/C20H18ClN3O4/c1-11-18(25)23-15-9-12(7-8-17(15)27-11)22-19(26)20(2)10-16(24-28-20)13-5-3-4-6-14(13)21/h3-9,11H,10H2,1-2H3,(H,22,26)(H,23,25)/t11-,20+/m0/s1. The number of benzene rings is 2. The van der Waals surface area contributed by atoms with E-state index in [0.717, 1.165) is 5.56 Å². The fraction of sp³-hybridized carbons (Fsp3) is 0.250. The van der Waals surface area contributed by atoms with Crippen molar-refractivity contribution >= 4 is 40.5 Å². The van der Waals surface area contributed by atoms with Crippen molar-refractivity contribution in [2.24, 2.45) is 5.16 Å². The van der Waals surface area contributed by atoms with Gasteiger partial charge in [-0.2, -0.15) is 0 Å². The van der Waals surface area contributed by atoms with Crippen LogP contribution in [0.2, 0.25) is 5.02 Å². The van der Waals surface area contributed by atoms with Crippen molar-refractivity contribution in [2.75, 3.05) is 10.6 Å². The number of nitrogens with zero attached hydrogens (tertiary/aromatic N) is 1. The predicted molar refractivity (Wildman–Crippen MR) is 106 cm³/mol. The SMILES string of the molecule is C[C@@H]1Oc2ccc(NC(=O)[C@@]3(C)CC(c4ccccc4Cl)=NO3)cc2NC1=O. The van der Waals surface area contributed by atoms with Gasteiger partial charge >= 0.3 is 0 Å². The Balaban J connectivity index is 1.48. The van der Waals surface area contributed by atoms with Crippen LogP contribution in [0.15, 0.2) is 47.6 Å². The van der Waals surface area contributed by atoms with E-state index in [1.807, 2.05) is 18.2 Å². The van der Waals surface area contributed by atoms with Gasteiger partial charge in [-0.3, -0.25) is 9.59 Å². The van der Waals surface area contributed by atoms with Crippen molar-refractivity contribution in [3.8, 4) is 5.75 Å². The average molecular weight is 400 g/mol. The molecule has 0 aromatic heterocycles. The number of fused-ring (bicyclic) bond motifs is 1. The zero-order chi connectivity index (χ0) is 19.9. The minimum Gasteiger partial charge on any atom is -0.479 e. The number of rotatable bonds is 3. The normalized spacial score (nSPS) is 23.0. The van der Waals surface area contributed by atoms with Crippen molar-refractivity contribution < 1.29 is 19.2 Å². The van der Waals surface area contributed by atoms with E-state index >= 15 is 0 Å². The van der Waals surface area contributed by atoms with E-state index in [1.165, 1.54) is 0 Å². The first-order chi connectivity index (χ1) is 13.4. The molecule has 0 aliphatic carbocycles. The van der Waals surface area contributed by atoms with E-state index in [2.05, 4.69) is 15.8 Å². The average Bonchev–Trinajstić information content (AvgIpc) is 3.07. The van der Waals surface area contributed by atoms with Crippen LogP contribution in [-0.4, -0.2) is 29.2 Å². The molecule has 4 rings (SSSR count). The summed E-state index contributed by atoms with van der Waals surface area (Å²) >= 11 is 6.21. The third kappa shape index (κ3) is 3.29. The first kappa shape index (κ1) is 18.3. The van der Waals surface area contributed by atoms with Crippen molar-refractivity contribution in [2.45, 2.75) is 32.0 Å². The van der Waals surface area contributed by atoms with Crippen LogP contribution in [-0.2, 0) is 14.4 Å². The van der Waals surface area contributed by atoms with Crippen LogP contribution < -0.4 is 15.4 Å².